The van der Waals surface area contributed by atoms with Gasteiger partial charge in [-0.3, -0.25) is 0 Å². The van der Waals surface area contributed by atoms with E-state index in [9.17, 15) is 8.42 Å². The van der Waals surface area contributed by atoms with Crippen LogP contribution in [-0.2, 0) is 16.8 Å². The van der Waals surface area contributed by atoms with E-state index in [2.05, 4.69) is 4.72 Å². The van der Waals surface area contributed by atoms with E-state index in [1.165, 1.54) is 0 Å². The first-order valence-electron chi connectivity index (χ1n) is 6.04. The van der Waals surface area contributed by atoms with Crippen molar-refractivity contribution in [2.45, 2.75) is 25.8 Å². The number of nitrogens with zero attached hydrogens (tertiary/aromatic N) is 2. The Morgan fingerprint density at radius 3 is 2.35 bits per heavy atom. The fourth-order valence-corrected chi connectivity index (χ4v) is 3.29. The van der Waals surface area contributed by atoms with Gasteiger partial charge >= 0.3 is 0 Å². The fourth-order valence-electron chi connectivity index (χ4n) is 2.02. The zero-order valence-corrected chi connectivity index (χ0v) is 10.7. The Morgan fingerprint density at radius 1 is 1.06 bits per heavy atom. The van der Waals surface area contributed by atoms with Crippen molar-refractivity contribution in [3.8, 4) is 0 Å². The van der Waals surface area contributed by atoms with Crippen LogP contribution in [0.5, 0.6) is 0 Å². The second kappa shape index (κ2) is 5.66. The summed E-state index contributed by atoms with van der Waals surface area (Å²) in [5, 5.41) is 0. The Morgan fingerprint density at radius 2 is 1.71 bits per heavy atom. The van der Waals surface area contributed by atoms with Crippen molar-refractivity contribution in [3.05, 3.63) is 24.5 Å². The highest BCUT2D eigenvalue weighted by atomic mass is 32.2. The molecule has 96 valence electrons. The summed E-state index contributed by atoms with van der Waals surface area (Å²) in [6.07, 6.45) is 6.93. The van der Waals surface area contributed by atoms with Gasteiger partial charge in [-0.25, -0.2) is 4.72 Å². The molecule has 1 aromatic heterocycles. The van der Waals surface area contributed by atoms with E-state index in [0.717, 1.165) is 19.3 Å². The van der Waals surface area contributed by atoms with E-state index in [4.69, 9.17) is 0 Å². The van der Waals surface area contributed by atoms with Gasteiger partial charge in [-0.1, -0.05) is 6.42 Å². The normalized spacial score (nSPS) is 18.4. The third kappa shape index (κ3) is 3.55. The largest absolute Gasteiger partial charge is 0.353 e. The Hall–Kier alpha value is -0.850. The molecule has 1 aliphatic heterocycles. The third-order valence-electron chi connectivity index (χ3n) is 2.98. The molecule has 0 atom stereocenters. The van der Waals surface area contributed by atoms with Crippen molar-refractivity contribution >= 4 is 10.2 Å². The lowest BCUT2D eigenvalue weighted by Gasteiger charge is -2.25. The zero-order valence-electron chi connectivity index (χ0n) is 9.88. The summed E-state index contributed by atoms with van der Waals surface area (Å²) < 4.78 is 30.0. The minimum Gasteiger partial charge on any atom is -0.353 e. The quantitative estimate of drug-likeness (QED) is 0.848. The second-order valence-electron chi connectivity index (χ2n) is 4.28. The highest BCUT2D eigenvalue weighted by molar-refractivity contribution is 7.87. The van der Waals surface area contributed by atoms with E-state index in [1.54, 1.807) is 4.31 Å². The van der Waals surface area contributed by atoms with Gasteiger partial charge in [-0.15, -0.1) is 0 Å². The lowest BCUT2D eigenvalue weighted by Crippen LogP contribution is -2.44. The Balaban J connectivity index is 1.80. The number of piperidine rings is 1. The molecule has 0 aromatic carbocycles. The molecule has 0 radical (unpaired) electrons. The van der Waals surface area contributed by atoms with Crippen LogP contribution in [0.1, 0.15) is 19.3 Å². The fraction of sp³-hybridized carbons (Fsp3) is 0.636. The summed E-state index contributed by atoms with van der Waals surface area (Å²) in [5.41, 5.74) is 0. The molecule has 2 heterocycles. The maximum absolute atomic E-state index is 11.9. The topological polar surface area (TPSA) is 54.3 Å². The molecule has 2 rings (SSSR count). The highest BCUT2D eigenvalue weighted by Crippen LogP contribution is 2.11. The highest BCUT2D eigenvalue weighted by Gasteiger charge is 2.22. The first kappa shape index (κ1) is 12.6. The molecule has 1 saturated heterocycles. The van der Waals surface area contributed by atoms with Crippen LogP contribution in [0.3, 0.4) is 0 Å². The second-order valence-corrected chi connectivity index (χ2v) is 6.04. The van der Waals surface area contributed by atoms with Gasteiger partial charge in [0.15, 0.2) is 0 Å². The molecule has 1 aromatic rings. The summed E-state index contributed by atoms with van der Waals surface area (Å²) >= 11 is 0. The molecule has 0 unspecified atom stereocenters. The summed E-state index contributed by atoms with van der Waals surface area (Å²) in [6, 6.07) is 3.86. The Labute approximate surface area is 103 Å². The predicted octanol–water partition coefficient (Wildman–Crippen LogP) is 0.808. The van der Waals surface area contributed by atoms with E-state index >= 15 is 0 Å². The van der Waals surface area contributed by atoms with Crippen LogP contribution in [0.2, 0.25) is 0 Å². The molecule has 5 nitrogen and oxygen atoms in total. The average molecular weight is 257 g/mol. The molecular formula is C11H19N3O2S. The molecule has 17 heavy (non-hydrogen) atoms. The SMILES string of the molecule is O=S(=O)(NCCn1cccc1)N1CCCCC1. The monoisotopic (exact) mass is 257 g/mol. The summed E-state index contributed by atoms with van der Waals surface area (Å²) in [6.45, 7) is 2.41. The van der Waals surface area contributed by atoms with Crippen LogP contribution in [-0.4, -0.2) is 36.9 Å². The molecule has 1 aliphatic rings. The van der Waals surface area contributed by atoms with Crippen molar-refractivity contribution in [2.24, 2.45) is 0 Å². The minimum absolute atomic E-state index is 0.438. The van der Waals surface area contributed by atoms with Crippen LogP contribution >= 0.6 is 0 Å². The van der Waals surface area contributed by atoms with Crippen molar-refractivity contribution in [1.82, 2.24) is 13.6 Å². The smallest absolute Gasteiger partial charge is 0.279 e. The molecule has 1 N–H and O–H groups in total. The van der Waals surface area contributed by atoms with E-state index in [1.807, 2.05) is 29.1 Å². The molecule has 0 bridgehead atoms. The van der Waals surface area contributed by atoms with Crippen molar-refractivity contribution in [3.63, 3.8) is 0 Å². The van der Waals surface area contributed by atoms with Gasteiger partial charge in [0.25, 0.3) is 10.2 Å². The van der Waals surface area contributed by atoms with Crippen molar-refractivity contribution in [1.29, 1.82) is 0 Å². The maximum atomic E-state index is 11.9. The van der Waals surface area contributed by atoms with Crippen LogP contribution < -0.4 is 4.72 Å². The number of rotatable bonds is 5. The summed E-state index contributed by atoms with van der Waals surface area (Å²) in [7, 11) is -3.27. The van der Waals surface area contributed by atoms with Crippen LogP contribution in [0.15, 0.2) is 24.5 Å². The first-order valence-corrected chi connectivity index (χ1v) is 7.48. The number of nitrogens with one attached hydrogen (secondary N) is 1. The van der Waals surface area contributed by atoms with E-state index in [-0.39, 0.29) is 0 Å². The molecule has 0 spiro atoms. The van der Waals surface area contributed by atoms with Gasteiger partial charge in [0, 0.05) is 38.6 Å². The maximum Gasteiger partial charge on any atom is 0.279 e. The molecule has 0 saturated carbocycles. The van der Waals surface area contributed by atoms with Crippen LogP contribution in [0.25, 0.3) is 0 Å². The lowest BCUT2D eigenvalue weighted by atomic mass is 10.2. The number of hydrogen-bond acceptors (Lipinski definition) is 2. The van der Waals surface area contributed by atoms with Gasteiger partial charge in [-0.05, 0) is 25.0 Å². The lowest BCUT2D eigenvalue weighted by molar-refractivity contribution is 0.341. The van der Waals surface area contributed by atoms with Crippen LogP contribution in [0.4, 0.5) is 0 Å². The summed E-state index contributed by atoms with van der Waals surface area (Å²) in [4.78, 5) is 0. The molecule has 6 heteroatoms. The molecular weight excluding hydrogens is 238 g/mol. The number of hydrogen-bond donors (Lipinski definition) is 1. The Bertz CT molecular complexity index is 422. The number of aromatic nitrogens is 1. The zero-order chi connectivity index (χ0) is 12.1. The average Bonchev–Trinajstić information content (AvgIpc) is 2.83. The van der Waals surface area contributed by atoms with Crippen molar-refractivity contribution < 1.29 is 8.42 Å². The van der Waals surface area contributed by atoms with E-state index < -0.39 is 10.2 Å². The molecule has 1 fully saturated rings. The molecule has 0 aliphatic carbocycles. The van der Waals surface area contributed by atoms with E-state index in [0.29, 0.717) is 26.2 Å². The standard InChI is InChI=1S/C11H19N3O2S/c15-17(16,14-9-2-1-3-10-14)12-6-11-13-7-4-5-8-13/h4-5,7-8,12H,1-3,6,9-11H2. The van der Waals surface area contributed by atoms with Gasteiger partial charge in [0.2, 0.25) is 0 Å². The van der Waals surface area contributed by atoms with Gasteiger partial charge < -0.3 is 4.57 Å². The Kier molecular flexibility index (Phi) is 4.20. The summed E-state index contributed by atoms with van der Waals surface area (Å²) in [5.74, 6) is 0. The van der Waals surface area contributed by atoms with Gasteiger partial charge in [0.1, 0.15) is 0 Å². The third-order valence-corrected chi connectivity index (χ3v) is 4.59. The van der Waals surface area contributed by atoms with Gasteiger partial charge in [-0.2, -0.15) is 12.7 Å². The molecule has 0 amide bonds. The van der Waals surface area contributed by atoms with Crippen LogP contribution in [0, 0.1) is 0 Å². The minimum atomic E-state index is -3.27. The first-order chi connectivity index (χ1) is 8.18. The van der Waals surface area contributed by atoms with Gasteiger partial charge in [0.05, 0.1) is 0 Å². The van der Waals surface area contributed by atoms with Crippen molar-refractivity contribution in [2.75, 3.05) is 19.6 Å². The predicted molar refractivity (Wildman–Crippen MR) is 66.8 cm³/mol.